The minimum absolute atomic E-state index is 0.139. The number of rotatable bonds is 1. The van der Waals surface area contributed by atoms with Crippen molar-refractivity contribution >= 4 is 5.97 Å². The highest BCUT2D eigenvalue weighted by Gasteiger charge is 2.20. The van der Waals surface area contributed by atoms with E-state index in [4.69, 9.17) is 5.11 Å². The van der Waals surface area contributed by atoms with Gasteiger partial charge < -0.3 is 5.11 Å². The van der Waals surface area contributed by atoms with Crippen LogP contribution in [0.5, 0.6) is 0 Å². The molecule has 0 radical (unpaired) electrons. The monoisotopic (exact) mass is 140 g/mol. The summed E-state index contributed by atoms with van der Waals surface area (Å²) >= 11 is 0. The normalized spacial score (nSPS) is 32.1. The van der Waals surface area contributed by atoms with Gasteiger partial charge in [0.1, 0.15) is 0 Å². The van der Waals surface area contributed by atoms with Crippen LogP contribution in [0.3, 0.4) is 0 Å². The van der Waals surface area contributed by atoms with Crippen LogP contribution in [-0.2, 0) is 4.79 Å². The van der Waals surface area contributed by atoms with E-state index in [0.29, 0.717) is 12.3 Å². The Morgan fingerprint density at radius 2 is 2.40 bits per heavy atom. The molecule has 0 spiro atoms. The first-order chi connectivity index (χ1) is 4.70. The van der Waals surface area contributed by atoms with Crippen molar-refractivity contribution in [1.29, 1.82) is 0 Å². The van der Waals surface area contributed by atoms with Gasteiger partial charge in [-0.05, 0) is 18.8 Å². The van der Waals surface area contributed by atoms with Gasteiger partial charge in [0.05, 0.1) is 5.92 Å². The van der Waals surface area contributed by atoms with Gasteiger partial charge in [-0.25, -0.2) is 0 Å². The molecular weight excluding hydrogens is 128 g/mol. The van der Waals surface area contributed by atoms with Gasteiger partial charge in [0.2, 0.25) is 0 Å². The molecule has 2 unspecified atom stereocenters. The van der Waals surface area contributed by atoms with Crippen molar-refractivity contribution in [3.05, 3.63) is 12.2 Å². The standard InChI is InChI=1S/C8H12O2/c1-6-3-2-4-7(5-6)8(9)10/h2-3,6-7H,4-5H2,1H3,(H,9,10). The second-order valence-electron chi connectivity index (χ2n) is 2.91. The Bertz CT molecular complexity index is 161. The van der Waals surface area contributed by atoms with E-state index in [1.165, 1.54) is 0 Å². The maximum absolute atomic E-state index is 10.5. The zero-order chi connectivity index (χ0) is 7.56. The van der Waals surface area contributed by atoms with Crippen LogP contribution in [0.25, 0.3) is 0 Å². The van der Waals surface area contributed by atoms with Gasteiger partial charge in [-0.3, -0.25) is 4.79 Å². The van der Waals surface area contributed by atoms with Gasteiger partial charge in [-0.2, -0.15) is 0 Å². The van der Waals surface area contributed by atoms with Gasteiger partial charge in [0.15, 0.2) is 0 Å². The first kappa shape index (κ1) is 7.32. The van der Waals surface area contributed by atoms with Crippen molar-refractivity contribution in [1.82, 2.24) is 0 Å². The van der Waals surface area contributed by atoms with E-state index in [2.05, 4.69) is 6.08 Å². The van der Waals surface area contributed by atoms with Gasteiger partial charge in [-0.1, -0.05) is 19.1 Å². The lowest BCUT2D eigenvalue weighted by molar-refractivity contribution is -0.142. The minimum atomic E-state index is -0.656. The smallest absolute Gasteiger partial charge is 0.306 e. The second-order valence-corrected chi connectivity index (χ2v) is 2.91. The maximum Gasteiger partial charge on any atom is 0.306 e. The Hall–Kier alpha value is -0.790. The van der Waals surface area contributed by atoms with Crippen LogP contribution >= 0.6 is 0 Å². The molecule has 2 heteroatoms. The van der Waals surface area contributed by atoms with Crippen molar-refractivity contribution < 1.29 is 9.90 Å². The van der Waals surface area contributed by atoms with Crippen LogP contribution in [0.1, 0.15) is 19.8 Å². The molecule has 1 aliphatic rings. The van der Waals surface area contributed by atoms with Gasteiger partial charge in [0.25, 0.3) is 0 Å². The molecule has 0 aromatic rings. The highest BCUT2D eigenvalue weighted by molar-refractivity contribution is 5.70. The van der Waals surface area contributed by atoms with Crippen molar-refractivity contribution in [2.24, 2.45) is 11.8 Å². The van der Waals surface area contributed by atoms with E-state index in [1.807, 2.05) is 13.0 Å². The highest BCUT2D eigenvalue weighted by atomic mass is 16.4. The van der Waals surface area contributed by atoms with Crippen LogP contribution < -0.4 is 0 Å². The molecule has 0 aromatic carbocycles. The summed E-state index contributed by atoms with van der Waals surface area (Å²) in [6, 6.07) is 0. The number of carbonyl (C=O) groups is 1. The lowest BCUT2D eigenvalue weighted by Crippen LogP contribution is -2.17. The molecule has 0 aromatic heterocycles. The Kier molecular flexibility index (Phi) is 2.10. The van der Waals surface area contributed by atoms with E-state index in [0.717, 1.165) is 6.42 Å². The molecule has 1 N–H and O–H groups in total. The lowest BCUT2D eigenvalue weighted by atomic mass is 9.88. The number of carboxylic acid groups (broad SMARTS) is 1. The molecule has 10 heavy (non-hydrogen) atoms. The van der Waals surface area contributed by atoms with E-state index in [-0.39, 0.29) is 5.92 Å². The number of carboxylic acids is 1. The van der Waals surface area contributed by atoms with Crippen molar-refractivity contribution in [2.75, 3.05) is 0 Å². The van der Waals surface area contributed by atoms with Crippen LogP contribution in [0.15, 0.2) is 12.2 Å². The van der Waals surface area contributed by atoms with E-state index >= 15 is 0 Å². The molecule has 2 nitrogen and oxygen atoms in total. The molecule has 0 fully saturated rings. The number of hydrogen-bond acceptors (Lipinski definition) is 1. The topological polar surface area (TPSA) is 37.3 Å². The molecule has 2 atom stereocenters. The van der Waals surface area contributed by atoms with Gasteiger partial charge >= 0.3 is 5.97 Å². The molecule has 0 aliphatic heterocycles. The largest absolute Gasteiger partial charge is 0.481 e. The summed E-state index contributed by atoms with van der Waals surface area (Å²) in [5, 5.41) is 8.62. The molecule has 0 saturated heterocycles. The van der Waals surface area contributed by atoms with Gasteiger partial charge in [0, 0.05) is 0 Å². The van der Waals surface area contributed by atoms with Crippen LogP contribution in [0, 0.1) is 11.8 Å². The molecule has 1 rings (SSSR count). The summed E-state index contributed by atoms with van der Waals surface area (Å²) in [4.78, 5) is 10.5. The van der Waals surface area contributed by atoms with Crippen LogP contribution in [0.2, 0.25) is 0 Å². The fourth-order valence-electron chi connectivity index (χ4n) is 1.30. The summed E-state index contributed by atoms with van der Waals surface area (Å²) < 4.78 is 0. The summed E-state index contributed by atoms with van der Waals surface area (Å²) in [5.74, 6) is -0.356. The third kappa shape index (κ3) is 1.59. The Labute approximate surface area is 60.6 Å². The molecule has 1 aliphatic carbocycles. The number of hydrogen-bond donors (Lipinski definition) is 1. The molecule has 56 valence electrons. The average Bonchev–Trinajstić information content (AvgIpc) is 1.88. The average molecular weight is 140 g/mol. The van der Waals surface area contributed by atoms with E-state index in [1.54, 1.807) is 0 Å². The molecule has 0 saturated carbocycles. The quantitative estimate of drug-likeness (QED) is 0.562. The Morgan fingerprint density at radius 1 is 1.70 bits per heavy atom. The zero-order valence-corrected chi connectivity index (χ0v) is 6.08. The Morgan fingerprint density at radius 3 is 2.80 bits per heavy atom. The zero-order valence-electron chi connectivity index (χ0n) is 6.08. The number of allylic oxidation sites excluding steroid dienone is 2. The highest BCUT2D eigenvalue weighted by Crippen LogP contribution is 2.22. The first-order valence-electron chi connectivity index (χ1n) is 3.59. The SMILES string of the molecule is CC1C=CCC(C(=O)O)C1. The fourth-order valence-corrected chi connectivity index (χ4v) is 1.30. The van der Waals surface area contributed by atoms with E-state index in [9.17, 15) is 4.79 Å². The molecular formula is C8H12O2. The Balaban J connectivity index is 2.52. The van der Waals surface area contributed by atoms with Crippen molar-refractivity contribution in [3.63, 3.8) is 0 Å². The molecule has 0 amide bonds. The predicted octanol–water partition coefficient (Wildman–Crippen LogP) is 1.67. The first-order valence-corrected chi connectivity index (χ1v) is 3.59. The lowest BCUT2D eigenvalue weighted by Gasteiger charge is -2.17. The summed E-state index contributed by atoms with van der Waals surface area (Å²) in [6.07, 6.45) is 5.55. The number of aliphatic carboxylic acids is 1. The second kappa shape index (κ2) is 2.86. The third-order valence-electron chi connectivity index (χ3n) is 1.89. The minimum Gasteiger partial charge on any atom is -0.481 e. The van der Waals surface area contributed by atoms with Gasteiger partial charge in [-0.15, -0.1) is 0 Å². The van der Waals surface area contributed by atoms with Crippen molar-refractivity contribution in [2.45, 2.75) is 19.8 Å². The molecule has 0 heterocycles. The van der Waals surface area contributed by atoms with Crippen molar-refractivity contribution in [3.8, 4) is 0 Å². The third-order valence-corrected chi connectivity index (χ3v) is 1.89. The summed E-state index contributed by atoms with van der Waals surface area (Å²) in [7, 11) is 0. The maximum atomic E-state index is 10.5. The molecule has 0 bridgehead atoms. The summed E-state index contributed by atoms with van der Waals surface area (Å²) in [5.41, 5.74) is 0. The van der Waals surface area contributed by atoms with Crippen LogP contribution in [0.4, 0.5) is 0 Å². The van der Waals surface area contributed by atoms with E-state index < -0.39 is 5.97 Å². The predicted molar refractivity (Wildman–Crippen MR) is 38.7 cm³/mol. The fraction of sp³-hybridized carbons (Fsp3) is 0.625. The van der Waals surface area contributed by atoms with Crippen LogP contribution in [-0.4, -0.2) is 11.1 Å². The summed E-state index contributed by atoms with van der Waals surface area (Å²) in [6.45, 7) is 2.05.